The maximum Gasteiger partial charge on any atom is 0.157 e. The number of hydrogen-bond donors (Lipinski definition) is 1. The normalized spacial score (nSPS) is 11.3. The van der Waals surface area contributed by atoms with E-state index in [1.165, 1.54) is 0 Å². The molecule has 15 heavy (non-hydrogen) atoms. The van der Waals surface area contributed by atoms with Gasteiger partial charge in [-0.25, -0.2) is 0 Å². The van der Waals surface area contributed by atoms with Gasteiger partial charge in [0.25, 0.3) is 0 Å². The number of nitrogens with zero attached hydrogens (tertiary/aromatic N) is 1. The molecular weight excluding hydrogens is 188 g/mol. The van der Waals surface area contributed by atoms with Gasteiger partial charge in [-0.05, 0) is 20.8 Å². The van der Waals surface area contributed by atoms with E-state index in [4.69, 9.17) is 10.3 Å². The molecule has 0 unspecified atom stereocenters. The van der Waals surface area contributed by atoms with Gasteiger partial charge in [0, 0.05) is 5.57 Å². The molecule has 1 heterocycles. The Bertz CT molecular complexity index is 362. The molecule has 0 saturated carbocycles. The molecule has 0 radical (unpaired) electrons. The molecule has 0 spiro atoms. The van der Waals surface area contributed by atoms with Gasteiger partial charge in [-0.2, -0.15) is 0 Å². The Morgan fingerprint density at radius 3 is 2.33 bits per heavy atom. The number of anilines is 1. The standard InChI is InChI=1S/C10H14N2O.C2H4/c1-4-6-8(5-2)10-9(11)7(3)13-12-10;1-2/h4-6H,11H2,1-3H3;1-2H2/b6-4-,8-5+;. The number of allylic oxidation sites excluding steroid dienone is 4. The van der Waals surface area contributed by atoms with Crippen molar-refractivity contribution in [2.45, 2.75) is 20.8 Å². The van der Waals surface area contributed by atoms with Crippen LogP contribution in [0.25, 0.3) is 5.57 Å². The number of rotatable bonds is 2. The van der Waals surface area contributed by atoms with Crippen molar-refractivity contribution in [2.75, 3.05) is 5.73 Å². The van der Waals surface area contributed by atoms with Crippen LogP contribution in [0.15, 0.2) is 35.9 Å². The zero-order valence-electron chi connectivity index (χ0n) is 9.58. The number of aryl methyl sites for hydroxylation is 1. The second-order valence-electron chi connectivity index (χ2n) is 2.75. The smallest absolute Gasteiger partial charge is 0.157 e. The quantitative estimate of drug-likeness (QED) is 0.596. The number of nitrogens with two attached hydrogens (primary N) is 1. The van der Waals surface area contributed by atoms with Crippen LogP contribution in [0.1, 0.15) is 25.3 Å². The zero-order valence-corrected chi connectivity index (χ0v) is 9.58. The number of hydrogen-bond acceptors (Lipinski definition) is 3. The minimum Gasteiger partial charge on any atom is -0.394 e. The molecular formula is C12H18N2O. The summed E-state index contributed by atoms with van der Waals surface area (Å²) in [6, 6.07) is 0. The monoisotopic (exact) mass is 206 g/mol. The molecule has 1 aromatic heterocycles. The molecule has 0 aliphatic heterocycles. The van der Waals surface area contributed by atoms with E-state index < -0.39 is 0 Å². The van der Waals surface area contributed by atoms with Gasteiger partial charge >= 0.3 is 0 Å². The molecule has 2 N–H and O–H groups in total. The van der Waals surface area contributed by atoms with Gasteiger partial charge in [-0.1, -0.05) is 23.4 Å². The fraction of sp³-hybridized carbons (Fsp3) is 0.250. The highest BCUT2D eigenvalue weighted by molar-refractivity contribution is 5.78. The van der Waals surface area contributed by atoms with Crippen molar-refractivity contribution in [3.8, 4) is 0 Å². The van der Waals surface area contributed by atoms with Gasteiger partial charge in [-0.15, -0.1) is 13.2 Å². The van der Waals surface area contributed by atoms with Gasteiger partial charge in [0.1, 0.15) is 11.4 Å². The Morgan fingerprint density at radius 2 is 2.00 bits per heavy atom. The molecule has 0 amide bonds. The molecule has 0 bridgehead atoms. The fourth-order valence-electron chi connectivity index (χ4n) is 1.08. The molecule has 0 saturated heterocycles. The van der Waals surface area contributed by atoms with Crippen LogP contribution < -0.4 is 5.73 Å². The van der Waals surface area contributed by atoms with Crippen LogP contribution >= 0.6 is 0 Å². The third-order valence-corrected chi connectivity index (χ3v) is 1.84. The van der Waals surface area contributed by atoms with Crippen LogP contribution in [0.4, 0.5) is 5.69 Å². The summed E-state index contributed by atoms with van der Waals surface area (Å²) >= 11 is 0. The van der Waals surface area contributed by atoms with Gasteiger partial charge in [-0.3, -0.25) is 0 Å². The third-order valence-electron chi connectivity index (χ3n) is 1.84. The molecule has 0 aromatic carbocycles. The van der Waals surface area contributed by atoms with E-state index in [0.29, 0.717) is 11.4 Å². The number of aromatic nitrogens is 1. The van der Waals surface area contributed by atoms with Crippen molar-refractivity contribution in [2.24, 2.45) is 0 Å². The summed E-state index contributed by atoms with van der Waals surface area (Å²) in [5.74, 6) is 0.666. The molecule has 3 heteroatoms. The summed E-state index contributed by atoms with van der Waals surface area (Å²) in [6.07, 6.45) is 5.85. The van der Waals surface area contributed by atoms with E-state index in [-0.39, 0.29) is 0 Å². The highest BCUT2D eigenvalue weighted by atomic mass is 16.5. The lowest BCUT2D eigenvalue weighted by Crippen LogP contribution is -1.90. The lowest BCUT2D eigenvalue weighted by atomic mass is 10.1. The Hall–Kier alpha value is -1.77. The molecule has 0 aliphatic rings. The first-order valence-corrected chi connectivity index (χ1v) is 4.71. The second-order valence-corrected chi connectivity index (χ2v) is 2.75. The van der Waals surface area contributed by atoms with Gasteiger partial charge in [0.15, 0.2) is 5.76 Å². The van der Waals surface area contributed by atoms with Gasteiger partial charge < -0.3 is 10.3 Å². The maximum atomic E-state index is 5.78. The fourth-order valence-corrected chi connectivity index (χ4v) is 1.08. The second kappa shape index (κ2) is 6.65. The first kappa shape index (κ1) is 13.2. The Labute approximate surface area is 91.0 Å². The number of nitrogen functional groups attached to an aromatic ring is 1. The summed E-state index contributed by atoms with van der Waals surface area (Å²) in [6.45, 7) is 11.7. The summed E-state index contributed by atoms with van der Waals surface area (Å²) in [5, 5.41) is 3.89. The highest BCUT2D eigenvalue weighted by Crippen LogP contribution is 2.23. The largest absolute Gasteiger partial charge is 0.394 e. The molecule has 0 atom stereocenters. The molecule has 3 nitrogen and oxygen atoms in total. The molecule has 82 valence electrons. The van der Waals surface area contributed by atoms with Crippen LogP contribution in [0, 0.1) is 6.92 Å². The van der Waals surface area contributed by atoms with Crippen LogP contribution in [0.5, 0.6) is 0 Å². The third kappa shape index (κ3) is 3.13. The Kier molecular flexibility index (Phi) is 5.86. The molecule has 0 aliphatic carbocycles. The predicted octanol–water partition coefficient (Wildman–Crippen LogP) is 3.35. The van der Waals surface area contributed by atoms with Crippen LogP contribution in [0.2, 0.25) is 0 Å². The van der Waals surface area contributed by atoms with Crippen LogP contribution in [0.3, 0.4) is 0 Å². The summed E-state index contributed by atoms with van der Waals surface area (Å²) in [7, 11) is 0. The van der Waals surface area contributed by atoms with E-state index in [1.54, 1.807) is 6.92 Å². The lowest BCUT2D eigenvalue weighted by molar-refractivity contribution is 0.396. The van der Waals surface area contributed by atoms with E-state index in [9.17, 15) is 0 Å². The molecule has 1 rings (SSSR count). The summed E-state index contributed by atoms with van der Waals surface area (Å²) in [5.41, 5.74) is 8.10. The first-order chi connectivity index (χ1) is 7.20. The lowest BCUT2D eigenvalue weighted by Gasteiger charge is -1.95. The van der Waals surface area contributed by atoms with Crippen molar-refractivity contribution < 1.29 is 4.52 Å². The summed E-state index contributed by atoms with van der Waals surface area (Å²) < 4.78 is 4.97. The average Bonchev–Trinajstić information content (AvgIpc) is 2.60. The van der Waals surface area contributed by atoms with Crippen molar-refractivity contribution in [1.29, 1.82) is 0 Å². The Balaban J connectivity index is 0.000000921. The van der Waals surface area contributed by atoms with Crippen molar-refractivity contribution >= 4 is 11.3 Å². The van der Waals surface area contributed by atoms with E-state index in [0.717, 1.165) is 11.3 Å². The van der Waals surface area contributed by atoms with Crippen molar-refractivity contribution in [3.63, 3.8) is 0 Å². The minimum atomic E-state index is 0.617. The summed E-state index contributed by atoms with van der Waals surface area (Å²) in [4.78, 5) is 0. The Morgan fingerprint density at radius 1 is 1.40 bits per heavy atom. The maximum absolute atomic E-state index is 5.78. The topological polar surface area (TPSA) is 52.0 Å². The van der Waals surface area contributed by atoms with Crippen LogP contribution in [-0.2, 0) is 0 Å². The van der Waals surface area contributed by atoms with Gasteiger partial charge in [0.05, 0.1) is 0 Å². The minimum absolute atomic E-state index is 0.617. The van der Waals surface area contributed by atoms with Crippen molar-refractivity contribution in [3.05, 3.63) is 42.8 Å². The van der Waals surface area contributed by atoms with Gasteiger partial charge in [0.2, 0.25) is 0 Å². The molecule has 1 aromatic rings. The van der Waals surface area contributed by atoms with E-state index in [2.05, 4.69) is 18.3 Å². The van der Waals surface area contributed by atoms with Crippen LogP contribution in [-0.4, -0.2) is 5.16 Å². The SMILES string of the molecule is C/C=C\C(=C/C)c1noc(C)c1N.C=C. The molecule has 0 fully saturated rings. The first-order valence-electron chi connectivity index (χ1n) is 4.71. The highest BCUT2D eigenvalue weighted by Gasteiger charge is 2.10. The van der Waals surface area contributed by atoms with E-state index >= 15 is 0 Å². The zero-order chi connectivity index (χ0) is 11.8. The van der Waals surface area contributed by atoms with E-state index in [1.807, 2.05) is 32.1 Å². The average molecular weight is 206 g/mol. The van der Waals surface area contributed by atoms with Crippen molar-refractivity contribution in [1.82, 2.24) is 5.16 Å². The predicted molar refractivity (Wildman–Crippen MR) is 65.4 cm³/mol.